The summed E-state index contributed by atoms with van der Waals surface area (Å²) in [5.74, 6) is -0.176. The van der Waals surface area contributed by atoms with Crippen LogP contribution in [0.15, 0.2) is 12.1 Å². The fourth-order valence-electron chi connectivity index (χ4n) is 1.47. The Morgan fingerprint density at radius 2 is 2.12 bits per heavy atom. The summed E-state index contributed by atoms with van der Waals surface area (Å²) in [6.07, 6.45) is 0.567. The molecule has 4 nitrogen and oxygen atoms in total. The average molecular weight is 222 g/mol. The van der Waals surface area contributed by atoms with E-state index in [1.54, 1.807) is 13.0 Å². The van der Waals surface area contributed by atoms with Gasteiger partial charge in [-0.05, 0) is 37.5 Å². The van der Waals surface area contributed by atoms with E-state index in [1.165, 1.54) is 0 Å². The Balaban J connectivity index is 2.93. The van der Waals surface area contributed by atoms with Crippen LogP contribution in [-0.4, -0.2) is 17.1 Å². The number of carbonyl (C=O) groups is 1. The summed E-state index contributed by atoms with van der Waals surface area (Å²) in [6.45, 7) is 5.53. The first-order chi connectivity index (χ1) is 7.45. The molecular weight excluding hydrogens is 204 g/mol. The first-order valence-corrected chi connectivity index (χ1v) is 5.32. The minimum Gasteiger partial charge on any atom is -0.505 e. The Bertz CT molecular complexity index is 402. The fourth-order valence-corrected chi connectivity index (χ4v) is 1.47. The predicted octanol–water partition coefficient (Wildman–Crippen LogP) is 1.68. The molecule has 4 N–H and O–H groups in total. The standard InChI is InChI=1S/C12H18N2O2/c1-4-9(13)12(16)14-10-6-7(2)5-8(3)11(10)15/h5-6,9,15H,4,13H2,1-3H3,(H,14,16)/t9-/m0/s1. The number of amides is 1. The van der Waals surface area contributed by atoms with Crippen molar-refractivity contribution < 1.29 is 9.90 Å². The first kappa shape index (κ1) is 12.5. The van der Waals surface area contributed by atoms with E-state index in [9.17, 15) is 9.90 Å². The molecule has 0 aromatic heterocycles. The van der Waals surface area contributed by atoms with Crippen molar-refractivity contribution >= 4 is 11.6 Å². The highest BCUT2D eigenvalue weighted by molar-refractivity contribution is 5.96. The third kappa shape index (κ3) is 2.73. The highest BCUT2D eigenvalue weighted by atomic mass is 16.3. The number of benzene rings is 1. The molecule has 0 spiro atoms. The molecule has 0 saturated heterocycles. The number of phenols is 1. The number of hydrogen-bond acceptors (Lipinski definition) is 3. The molecule has 0 saturated carbocycles. The van der Waals surface area contributed by atoms with Crippen molar-refractivity contribution in [3.63, 3.8) is 0 Å². The molecule has 0 heterocycles. The van der Waals surface area contributed by atoms with Crippen LogP contribution >= 0.6 is 0 Å². The van der Waals surface area contributed by atoms with Gasteiger partial charge in [0.25, 0.3) is 0 Å². The number of anilines is 1. The maximum atomic E-state index is 11.6. The normalized spacial score (nSPS) is 12.2. The zero-order chi connectivity index (χ0) is 12.3. The lowest BCUT2D eigenvalue weighted by atomic mass is 10.1. The minimum atomic E-state index is -0.541. The Labute approximate surface area is 95.5 Å². The summed E-state index contributed by atoms with van der Waals surface area (Å²) in [4.78, 5) is 11.6. The Hall–Kier alpha value is -1.55. The number of nitrogens with two attached hydrogens (primary N) is 1. The van der Waals surface area contributed by atoms with Crippen LogP contribution < -0.4 is 11.1 Å². The first-order valence-electron chi connectivity index (χ1n) is 5.32. The molecule has 1 atom stereocenters. The monoisotopic (exact) mass is 222 g/mol. The van der Waals surface area contributed by atoms with Crippen LogP contribution in [0.3, 0.4) is 0 Å². The second kappa shape index (κ2) is 4.99. The molecule has 0 aliphatic rings. The quantitative estimate of drug-likeness (QED) is 0.681. The number of carbonyl (C=O) groups excluding carboxylic acids is 1. The van der Waals surface area contributed by atoms with Crippen molar-refractivity contribution in [3.8, 4) is 5.75 Å². The van der Waals surface area contributed by atoms with E-state index in [1.807, 2.05) is 19.9 Å². The van der Waals surface area contributed by atoms with Crippen LogP contribution in [0.1, 0.15) is 24.5 Å². The van der Waals surface area contributed by atoms with Gasteiger partial charge < -0.3 is 16.2 Å². The summed E-state index contributed by atoms with van der Waals surface area (Å²) in [5, 5.41) is 12.4. The van der Waals surface area contributed by atoms with Crippen molar-refractivity contribution in [1.29, 1.82) is 0 Å². The number of hydrogen-bond donors (Lipinski definition) is 3. The van der Waals surface area contributed by atoms with E-state index >= 15 is 0 Å². The molecule has 1 amide bonds. The third-order valence-corrected chi connectivity index (χ3v) is 2.48. The van der Waals surface area contributed by atoms with Gasteiger partial charge in [0.15, 0.2) is 0 Å². The molecule has 1 rings (SSSR count). The smallest absolute Gasteiger partial charge is 0.241 e. The maximum absolute atomic E-state index is 11.6. The number of aromatic hydroxyl groups is 1. The molecular formula is C12H18N2O2. The SMILES string of the molecule is CC[C@H](N)C(=O)Nc1cc(C)cc(C)c1O. The Kier molecular flexibility index (Phi) is 3.90. The second-order valence-corrected chi connectivity index (χ2v) is 3.98. The zero-order valence-corrected chi connectivity index (χ0v) is 9.87. The number of rotatable bonds is 3. The van der Waals surface area contributed by atoms with Gasteiger partial charge in [-0.25, -0.2) is 0 Å². The molecule has 1 aromatic rings. The van der Waals surface area contributed by atoms with Crippen molar-refractivity contribution in [2.45, 2.75) is 33.2 Å². The Morgan fingerprint density at radius 1 is 1.50 bits per heavy atom. The van der Waals surface area contributed by atoms with Crippen molar-refractivity contribution in [3.05, 3.63) is 23.3 Å². The Morgan fingerprint density at radius 3 is 2.69 bits per heavy atom. The van der Waals surface area contributed by atoms with Gasteiger partial charge in [0.1, 0.15) is 5.75 Å². The number of phenolic OH excluding ortho intramolecular Hbond substituents is 1. The fraction of sp³-hybridized carbons (Fsp3) is 0.417. The molecule has 0 fully saturated rings. The molecule has 4 heteroatoms. The van der Waals surface area contributed by atoms with E-state index < -0.39 is 6.04 Å². The highest BCUT2D eigenvalue weighted by Gasteiger charge is 2.14. The molecule has 0 radical (unpaired) electrons. The van der Waals surface area contributed by atoms with Crippen molar-refractivity contribution in [2.24, 2.45) is 5.73 Å². The minimum absolute atomic E-state index is 0.0993. The van der Waals surface area contributed by atoms with Crippen molar-refractivity contribution in [2.75, 3.05) is 5.32 Å². The molecule has 0 bridgehead atoms. The van der Waals surface area contributed by atoms with Gasteiger partial charge in [-0.3, -0.25) is 4.79 Å². The maximum Gasteiger partial charge on any atom is 0.241 e. The molecule has 0 unspecified atom stereocenters. The lowest BCUT2D eigenvalue weighted by Gasteiger charge is -2.13. The summed E-state index contributed by atoms with van der Waals surface area (Å²) in [6, 6.07) is 3.04. The number of aryl methyl sites for hydroxylation is 2. The molecule has 1 aromatic carbocycles. The van der Waals surface area contributed by atoms with Gasteiger partial charge >= 0.3 is 0 Å². The predicted molar refractivity (Wildman–Crippen MR) is 64.5 cm³/mol. The third-order valence-electron chi connectivity index (χ3n) is 2.48. The van der Waals surface area contributed by atoms with Crippen molar-refractivity contribution in [1.82, 2.24) is 0 Å². The van der Waals surface area contributed by atoms with E-state index in [2.05, 4.69) is 5.32 Å². The van der Waals surface area contributed by atoms with E-state index in [4.69, 9.17) is 5.73 Å². The summed E-state index contributed by atoms with van der Waals surface area (Å²) in [7, 11) is 0. The molecule has 16 heavy (non-hydrogen) atoms. The number of nitrogens with one attached hydrogen (secondary N) is 1. The van der Waals surface area contributed by atoms with Gasteiger partial charge in [-0.1, -0.05) is 13.0 Å². The molecule has 0 aliphatic carbocycles. The van der Waals surface area contributed by atoms with Gasteiger partial charge in [-0.15, -0.1) is 0 Å². The van der Waals surface area contributed by atoms with Gasteiger partial charge in [-0.2, -0.15) is 0 Å². The van der Waals surface area contributed by atoms with Crippen LogP contribution in [0.4, 0.5) is 5.69 Å². The topological polar surface area (TPSA) is 75.4 Å². The van der Waals surface area contributed by atoms with Crippen LogP contribution in [0, 0.1) is 13.8 Å². The van der Waals surface area contributed by atoms with E-state index in [0.717, 1.165) is 11.1 Å². The zero-order valence-electron chi connectivity index (χ0n) is 9.87. The average Bonchev–Trinajstić information content (AvgIpc) is 2.23. The largest absolute Gasteiger partial charge is 0.505 e. The second-order valence-electron chi connectivity index (χ2n) is 3.98. The van der Waals surface area contributed by atoms with E-state index in [0.29, 0.717) is 12.1 Å². The summed E-state index contributed by atoms with van der Waals surface area (Å²) < 4.78 is 0. The molecule has 0 aliphatic heterocycles. The van der Waals surface area contributed by atoms with Crippen LogP contribution in [0.25, 0.3) is 0 Å². The van der Waals surface area contributed by atoms with Crippen LogP contribution in [-0.2, 0) is 4.79 Å². The summed E-state index contributed by atoms with van der Waals surface area (Å²) in [5.41, 5.74) is 7.74. The highest BCUT2D eigenvalue weighted by Crippen LogP contribution is 2.28. The van der Waals surface area contributed by atoms with E-state index in [-0.39, 0.29) is 11.7 Å². The van der Waals surface area contributed by atoms with Crippen LogP contribution in [0.2, 0.25) is 0 Å². The van der Waals surface area contributed by atoms with Gasteiger partial charge in [0, 0.05) is 0 Å². The lowest BCUT2D eigenvalue weighted by Crippen LogP contribution is -2.34. The molecule has 88 valence electrons. The lowest BCUT2D eigenvalue weighted by molar-refractivity contribution is -0.117. The van der Waals surface area contributed by atoms with Gasteiger partial charge in [0.2, 0.25) is 5.91 Å². The van der Waals surface area contributed by atoms with Crippen LogP contribution in [0.5, 0.6) is 5.75 Å². The summed E-state index contributed by atoms with van der Waals surface area (Å²) >= 11 is 0. The van der Waals surface area contributed by atoms with Gasteiger partial charge in [0.05, 0.1) is 11.7 Å².